The number of carbonyl (C=O) groups excluding carboxylic acids is 1. The maximum atomic E-state index is 14.0. The Labute approximate surface area is 238 Å². The number of amides is 1. The summed E-state index contributed by atoms with van der Waals surface area (Å²) >= 11 is 0. The Morgan fingerprint density at radius 2 is 1.95 bits per heavy atom. The Hall–Kier alpha value is -3.73. The van der Waals surface area contributed by atoms with Crippen molar-refractivity contribution in [3.63, 3.8) is 0 Å². The highest BCUT2D eigenvalue weighted by Gasteiger charge is 2.35. The molecule has 3 aliphatic rings. The molecule has 6 rings (SSSR count). The molecule has 3 aromatic rings. The van der Waals surface area contributed by atoms with Crippen molar-refractivity contribution in [2.45, 2.75) is 78.0 Å². The van der Waals surface area contributed by atoms with Crippen LogP contribution in [-0.2, 0) is 16.1 Å². The third-order valence-corrected chi connectivity index (χ3v) is 7.64. The van der Waals surface area contributed by atoms with E-state index in [0.29, 0.717) is 59.6 Å². The van der Waals surface area contributed by atoms with Crippen LogP contribution in [0.2, 0.25) is 0 Å². The topological polar surface area (TPSA) is 118 Å². The summed E-state index contributed by atoms with van der Waals surface area (Å²) in [6, 6.07) is 5.89. The summed E-state index contributed by atoms with van der Waals surface area (Å²) in [5.74, 6) is -0.413. The zero-order valence-electron chi connectivity index (χ0n) is 24.1. The first kappa shape index (κ1) is 28.8. The van der Waals surface area contributed by atoms with E-state index in [4.69, 9.17) is 9.47 Å². The Bertz CT molecular complexity index is 1440. The molecule has 11 heteroatoms. The smallest absolute Gasteiger partial charge is 0.337 e. The predicted octanol–water partition coefficient (Wildman–Crippen LogP) is 4.83. The normalized spacial score (nSPS) is 18.0. The van der Waals surface area contributed by atoms with E-state index >= 15 is 0 Å². The lowest BCUT2D eigenvalue weighted by Crippen LogP contribution is -2.38. The molecule has 5 heterocycles. The van der Waals surface area contributed by atoms with Gasteiger partial charge in [-0.25, -0.2) is 14.2 Å². The van der Waals surface area contributed by atoms with Crippen molar-refractivity contribution in [3.05, 3.63) is 52.6 Å². The zero-order valence-corrected chi connectivity index (χ0v) is 24.1. The van der Waals surface area contributed by atoms with Gasteiger partial charge in [-0.3, -0.25) is 4.79 Å². The number of hydrogen-bond acceptors (Lipinski definition) is 7. The zero-order chi connectivity index (χ0) is 29.3. The molecule has 1 saturated heterocycles. The highest BCUT2D eigenvalue weighted by Crippen LogP contribution is 2.37. The van der Waals surface area contributed by atoms with Crippen molar-refractivity contribution in [3.8, 4) is 5.75 Å². The highest BCUT2D eigenvalue weighted by molar-refractivity contribution is 5.93. The van der Waals surface area contributed by atoms with Gasteiger partial charge in [0.2, 0.25) is 0 Å². The lowest BCUT2D eigenvalue weighted by Gasteiger charge is -2.36. The number of piperidine rings is 1. The van der Waals surface area contributed by atoms with Gasteiger partial charge >= 0.3 is 5.97 Å². The van der Waals surface area contributed by atoms with E-state index in [0.717, 1.165) is 32.1 Å². The van der Waals surface area contributed by atoms with Gasteiger partial charge in [-0.1, -0.05) is 12.5 Å². The molecule has 4 bridgehead atoms. The SMILES string of the molecule is Cc1nc2cc3nn2c(c1C(OC(C)(C)C)C(=O)O)N1CCC(CCCCOc2cc(F)ccc2CNC3=O)CC1. The maximum Gasteiger partial charge on any atom is 0.337 e. The monoisotopic (exact) mass is 567 g/mol. The second kappa shape index (κ2) is 11.6. The van der Waals surface area contributed by atoms with Gasteiger partial charge in [-0.2, -0.15) is 9.61 Å². The fraction of sp³-hybridized carbons (Fsp3) is 0.533. The summed E-state index contributed by atoms with van der Waals surface area (Å²) in [6.07, 6.45) is 3.48. The van der Waals surface area contributed by atoms with Crippen LogP contribution in [0.15, 0.2) is 24.3 Å². The summed E-state index contributed by atoms with van der Waals surface area (Å²) < 4.78 is 27.5. The van der Waals surface area contributed by atoms with Crippen LogP contribution in [0.25, 0.3) is 5.65 Å². The number of aromatic nitrogens is 3. The molecule has 0 radical (unpaired) electrons. The number of ether oxygens (including phenoxy) is 2. The summed E-state index contributed by atoms with van der Waals surface area (Å²) in [5, 5.41) is 17.7. The van der Waals surface area contributed by atoms with Crippen LogP contribution < -0.4 is 15.0 Å². The van der Waals surface area contributed by atoms with E-state index in [1.165, 1.54) is 12.1 Å². The molecule has 2 aromatic heterocycles. The predicted molar refractivity (Wildman–Crippen MR) is 151 cm³/mol. The minimum Gasteiger partial charge on any atom is -0.493 e. The number of carboxylic acids is 1. The third-order valence-electron chi connectivity index (χ3n) is 7.64. The average molecular weight is 568 g/mol. The van der Waals surface area contributed by atoms with Crippen LogP contribution in [-0.4, -0.2) is 56.9 Å². The lowest BCUT2D eigenvalue weighted by atomic mass is 9.91. The van der Waals surface area contributed by atoms with Gasteiger partial charge in [0.15, 0.2) is 17.4 Å². The van der Waals surface area contributed by atoms with E-state index in [1.807, 2.05) is 20.8 Å². The van der Waals surface area contributed by atoms with E-state index in [2.05, 4.69) is 20.3 Å². The molecule has 0 spiro atoms. The van der Waals surface area contributed by atoms with Crippen molar-refractivity contribution in [1.82, 2.24) is 19.9 Å². The molecule has 220 valence electrons. The van der Waals surface area contributed by atoms with Gasteiger partial charge in [-0.05, 0) is 65.4 Å². The largest absolute Gasteiger partial charge is 0.493 e. The number of anilines is 1. The fourth-order valence-electron chi connectivity index (χ4n) is 5.65. The van der Waals surface area contributed by atoms with Crippen molar-refractivity contribution in [2.75, 3.05) is 24.6 Å². The number of carbonyl (C=O) groups is 2. The second-order valence-electron chi connectivity index (χ2n) is 11.9. The van der Waals surface area contributed by atoms with Crippen molar-refractivity contribution >= 4 is 23.3 Å². The van der Waals surface area contributed by atoms with Gasteiger partial charge in [-0.15, -0.1) is 0 Å². The van der Waals surface area contributed by atoms with Gasteiger partial charge in [0.05, 0.1) is 17.8 Å². The molecule has 2 N–H and O–H groups in total. The van der Waals surface area contributed by atoms with E-state index in [1.54, 1.807) is 23.6 Å². The summed E-state index contributed by atoms with van der Waals surface area (Å²) in [6.45, 7) is 9.24. The minimum absolute atomic E-state index is 0.127. The molecule has 3 aliphatic heterocycles. The number of carboxylic acid groups (broad SMARTS) is 1. The fourth-order valence-corrected chi connectivity index (χ4v) is 5.65. The number of nitrogens with one attached hydrogen (secondary N) is 1. The number of rotatable bonds is 3. The molecule has 0 saturated carbocycles. The number of nitrogens with zero attached hydrogens (tertiary/aromatic N) is 4. The molecule has 1 unspecified atom stereocenters. The number of hydrogen-bond donors (Lipinski definition) is 2. The van der Waals surface area contributed by atoms with Gasteiger partial charge < -0.3 is 24.8 Å². The van der Waals surface area contributed by atoms with E-state index in [9.17, 15) is 19.1 Å². The number of benzene rings is 1. The van der Waals surface area contributed by atoms with Crippen LogP contribution in [0.3, 0.4) is 0 Å². The van der Waals surface area contributed by atoms with Crippen molar-refractivity contribution in [1.29, 1.82) is 0 Å². The van der Waals surface area contributed by atoms with Gasteiger partial charge in [0.1, 0.15) is 17.4 Å². The number of aryl methyl sites for hydroxylation is 1. The highest BCUT2D eigenvalue weighted by atomic mass is 19.1. The molecule has 0 aliphatic carbocycles. The molecule has 1 fully saturated rings. The maximum absolute atomic E-state index is 14.0. The van der Waals surface area contributed by atoms with Crippen LogP contribution in [0.4, 0.5) is 10.2 Å². The Morgan fingerprint density at radius 3 is 2.66 bits per heavy atom. The van der Waals surface area contributed by atoms with Crippen LogP contribution in [0, 0.1) is 18.7 Å². The standard InChI is InChI=1S/C30H38FN5O5/c1-18-25(26(29(38)39)41-30(2,3)4)28-35-12-10-19(11-13-35)7-5-6-14-40-23-15-21(31)9-8-20(23)17-32-27(37)22-16-24(33-18)36(28)34-22/h8-9,15-16,19,26H,5-7,10-14,17H2,1-4H3,(H,32,37)(H,38,39). The van der Waals surface area contributed by atoms with Crippen LogP contribution in [0.1, 0.15) is 86.3 Å². The number of aliphatic carboxylic acids is 1. The quantitative estimate of drug-likeness (QED) is 0.462. The van der Waals surface area contributed by atoms with Crippen molar-refractivity contribution in [2.24, 2.45) is 5.92 Å². The molecule has 10 nitrogen and oxygen atoms in total. The summed E-state index contributed by atoms with van der Waals surface area (Å²) in [7, 11) is 0. The summed E-state index contributed by atoms with van der Waals surface area (Å²) in [5.41, 5.74) is 1.47. The minimum atomic E-state index is -1.27. The molecule has 1 atom stereocenters. The first-order valence-corrected chi connectivity index (χ1v) is 14.3. The van der Waals surface area contributed by atoms with E-state index < -0.39 is 29.4 Å². The Morgan fingerprint density at radius 1 is 1.20 bits per heavy atom. The van der Waals surface area contributed by atoms with Crippen molar-refractivity contribution < 1.29 is 28.6 Å². The van der Waals surface area contributed by atoms with Crippen LogP contribution in [0.5, 0.6) is 5.75 Å². The average Bonchev–Trinajstić information content (AvgIpc) is 3.33. The van der Waals surface area contributed by atoms with Crippen LogP contribution >= 0.6 is 0 Å². The molecule has 1 amide bonds. The Kier molecular flexibility index (Phi) is 8.17. The lowest BCUT2D eigenvalue weighted by molar-refractivity contribution is -0.160. The van der Waals surface area contributed by atoms with Gasteiger partial charge in [0.25, 0.3) is 5.91 Å². The number of halogens is 1. The molecule has 1 aromatic carbocycles. The molecule has 41 heavy (non-hydrogen) atoms. The first-order valence-electron chi connectivity index (χ1n) is 14.3. The summed E-state index contributed by atoms with van der Waals surface area (Å²) in [4.78, 5) is 32.6. The number of fused-ring (bicyclic) bond motifs is 8. The third kappa shape index (κ3) is 6.45. The Balaban J connectivity index is 1.60. The molecular weight excluding hydrogens is 529 g/mol. The molecular formula is C30H38FN5O5. The second-order valence-corrected chi connectivity index (χ2v) is 11.9. The van der Waals surface area contributed by atoms with E-state index in [-0.39, 0.29) is 12.2 Å². The van der Waals surface area contributed by atoms with Gasteiger partial charge in [0, 0.05) is 43.0 Å². The first-order chi connectivity index (χ1) is 19.5.